The van der Waals surface area contributed by atoms with Gasteiger partial charge in [-0.05, 0) is 19.3 Å². The van der Waals surface area contributed by atoms with Crippen LogP contribution in [0.2, 0.25) is 0 Å². The summed E-state index contributed by atoms with van der Waals surface area (Å²) in [7, 11) is 0. The lowest BCUT2D eigenvalue weighted by Crippen LogP contribution is -2.30. The third kappa shape index (κ3) is 2.11. The van der Waals surface area contributed by atoms with Crippen LogP contribution in [0.3, 0.4) is 0 Å². The fourth-order valence-electron chi connectivity index (χ4n) is 1.91. The topological polar surface area (TPSA) is 101 Å². The maximum atomic E-state index is 11.1. The fourth-order valence-corrected chi connectivity index (χ4v) is 1.91. The molecule has 4 N–H and O–H groups in total. The van der Waals surface area contributed by atoms with E-state index in [4.69, 9.17) is 5.73 Å². The molecule has 1 fully saturated rings. The molecule has 1 aliphatic carbocycles. The van der Waals surface area contributed by atoms with Crippen molar-refractivity contribution >= 4 is 11.7 Å². The van der Waals surface area contributed by atoms with E-state index >= 15 is 0 Å². The predicted octanol–water partition coefficient (Wildman–Crippen LogP) is -0.0992. The van der Waals surface area contributed by atoms with Crippen LogP contribution in [0.15, 0.2) is 12.5 Å². The Bertz CT molecular complexity index is 396. The van der Waals surface area contributed by atoms with Crippen molar-refractivity contribution in [3.63, 3.8) is 0 Å². The van der Waals surface area contributed by atoms with Crippen LogP contribution in [0.4, 0.5) is 5.82 Å². The minimum Gasteiger partial charge on any atom is -0.391 e. The molecule has 2 rings (SSSR count). The van der Waals surface area contributed by atoms with E-state index in [0.717, 1.165) is 19.3 Å². The first-order valence-corrected chi connectivity index (χ1v) is 5.23. The Hall–Kier alpha value is -1.69. The number of aliphatic hydroxyl groups is 1. The number of nitrogens with one attached hydrogen (secondary N) is 1. The Labute approximate surface area is 92.9 Å². The number of hydrogen-bond donors (Lipinski definition) is 3. The zero-order chi connectivity index (χ0) is 11.5. The van der Waals surface area contributed by atoms with Gasteiger partial charge in [-0.25, -0.2) is 9.97 Å². The lowest BCUT2D eigenvalue weighted by atomic mass is 10.2. The Morgan fingerprint density at radius 2 is 2.38 bits per heavy atom. The Kier molecular flexibility index (Phi) is 3.00. The molecule has 1 saturated carbocycles. The summed E-state index contributed by atoms with van der Waals surface area (Å²) in [5.74, 6) is -0.177. The molecule has 0 spiro atoms. The number of anilines is 1. The Balaban J connectivity index is 2.17. The highest BCUT2D eigenvalue weighted by atomic mass is 16.3. The number of nitrogens with two attached hydrogens (primary N) is 1. The van der Waals surface area contributed by atoms with Crippen molar-refractivity contribution < 1.29 is 9.90 Å². The Morgan fingerprint density at radius 1 is 1.56 bits per heavy atom. The van der Waals surface area contributed by atoms with Crippen molar-refractivity contribution in [3.05, 3.63) is 18.1 Å². The minimum atomic E-state index is -0.574. The molecule has 6 heteroatoms. The van der Waals surface area contributed by atoms with E-state index in [-0.39, 0.29) is 11.6 Å². The monoisotopic (exact) mass is 222 g/mol. The molecule has 0 aliphatic heterocycles. The SMILES string of the molecule is NC(=O)c1cncnc1N[C@H]1CCC[C@@H]1O. The smallest absolute Gasteiger partial charge is 0.254 e. The molecule has 0 bridgehead atoms. The second-order valence-corrected chi connectivity index (χ2v) is 3.90. The van der Waals surface area contributed by atoms with E-state index in [2.05, 4.69) is 15.3 Å². The summed E-state index contributed by atoms with van der Waals surface area (Å²) < 4.78 is 0. The van der Waals surface area contributed by atoms with E-state index in [1.54, 1.807) is 0 Å². The second-order valence-electron chi connectivity index (χ2n) is 3.90. The summed E-state index contributed by atoms with van der Waals surface area (Å²) in [5.41, 5.74) is 5.45. The molecular formula is C10H14N4O2. The highest BCUT2D eigenvalue weighted by molar-refractivity contribution is 5.97. The van der Waals surface area contributed by atoms with Crippen molar-refractivity contribution in [1.82, 2.24) is 9.97 Å². The van der Waals surface area contributed by atoms with Gasteiger partial charge in [-0.1, -0.05) is 0 Å². The summed E-state index contributed by atoms with van der Waals surface area (Å²) in [6.07, 6.45) is 4.93. The van der Waals surface area contributed by atoms with Gasteiger partial charge in [0.05, 0.1) is 17.7 Å². The maximum absolute atomic E-state index is 11.1. The maximum Gasteiger partial charge on any atom is 0.254 e. The average molecular weight is 222 g/mol. The van der Waals surface area contributed by atoms with Gasteiger partial charge in [0.25, 0.3) is 5.91 Å². The predicted molar refractivity (Wildman–Crippen MR) is 57.8 cm³/mol. The number of primary amides is 1. The van der Waals surface area contributed by atoms with Gasteiger partial charge in [0.2, 0.25) is 0 Å². The lowest BCUT2D eigenvalue weighted by molar-refractivity contribution is 0.1000. The van der Waals surface area contributed by atoms with Crippen molar-refractivity contribution in [2.75, 3.05) is 5.32 Å². The van der Waals surface area contributed by atoms with Crippen LogP contribution >= 0.6 is 0 Å². The number of hydrogen-bond acceptors (Lipinski definition) is 5. The molecule has 1 heterocycles. The molecule has 86 valence electrons. The van der Waals surface area contributed by atoms with Crippen LogP contribution in [-0.2, 0) is 0 Å². The van der Waals surface area contributed by atoms with Crippen LogP contribution in [0.25, 0.3) is 0 Å². The van der Waals surface area contributed by atoms with Gasteiger partial charge in [-0.15, -0.1) is 0 Å². The number of amides is 1. The largest absolute Gasteiger partial charge is 0.391 e. The second kappa shape index (κ2) is 4.44. The van der Waals surface area contributed by atoms with Gasteiger partial charge >= 0.3 is 0 Å². The molecule has 0 aromatic carbocycles. The van der Waals surface area contributed by atoms with Gasteiger partial charge in [0.1, 0.15) is 12.1 Å². The Morgan fingerprint density at radius 3 is 3.00 bits per heavy atom. The standard InChI is InChI=1S/C10H14N4O2/c11-9(16)6-4-12-5-13-10(6)14-7-2-1-3-8(7)15/h4-5,7-8,15H,1-3H2,(H2,11,16)(H,12,13,14)/t7-,8-/m0/s1. The van der Waals surface area contributed by atoms with Gasteiger partial charge in [0.15, 0.2) is 0 Å². The highest BCUT2D eigenvalue weighted by Gasteiger charge is 2.26. The van der Waals surface area contributed by atoms with Gasteiger partial charge in [-0.2, -0.15) is 0 Å². The number of nitrogens with zero attached hydrogens (tertiary/aromatic N) is 2. The summed E-state index contributed by atoms with van der Waals surface area (Å²) >= 11 is 0. The first kappa shape index (κ1) is 10.8. The molecule has 0 saturated heterocycles. The van der Waals surface area contributed by atoms with Gasteiger partial charge in [-0.3, -0.25) is 4.79 Å². The van der Waals surface area contributed by atoms with Crippen molar-refractivity contribution in [2.45, 2.75) is 31.4 Å². The quantitative estimate of drug-likeness (QED) is 0.663. The number of carbonyl (C=O) groups is 1. The van der Waals surface area contributed by atoms with Crippen LogP contribution < -0.4 is 11.1 Å². The number of aromatic nitrogens is 2. The molecule has 16 heavy (non-hydrogen) atoms. The van der Waals surface area contributed by atoms with Crippen LogP contribution in [0.5, 0.6) is 0 Å². The van der Waals surface area contributed by atoms with E-state index in [0.29, 0.717) is 5.82 Å². The zero-order valence-corrected chi connectivity index (χ0v) is 8.76. The molecule has 1 aliphatic rings. The molecule has 1 aromatic heterocycles. The fraction of sp³-hybridized carbons (Fsp3) is 0.500. The van der Waals surface area contributed by atoms with Gasteiger partial charge in [0, 0.05) is 6.20 Å². The average Bonchev–Trinajstić information content (AvgIpc) is 2.65. The third-order valence-electron chi connectivity index (χ3n) is 2.78. The van der Waals surface area contributed by atoms with E-state index < -0.39 is 12.0 Å². The van der Waals surface area contributed by atoms with Crippen molar-refractivity contribution in [2.24, 2.45) is 5.73 Å². The van der Waals surface area contributed by atoms with Crippen molar-refractivity contribution in [3.8, 4) is 0 Å². The van der Waals surface area contributed by atoms with Crippen LogP contribution in [0, 0.1) is 0 Å². The molecule has 0 radical (unpaired) electrons. The molecule has 1 aromatic rings. The van der Waals surface area contributed by atoms with E-state index in [9.17, 15) is 9.90 Å². The first-order valence-electron chi connectivity index (χ1n) is 5.23. The number of carbonyl (C=O) groups excluding carboxylic acids is 1. The molecule has 2 atom stereocenters. The van der Waals surface area contributed by atoms with E-state index in [1.807, 2.05) is 0 Å². The molecule has 0 unspecified atom stereocenters. The number of aliphatic hydroxyl groups excluding tert-OH is 1. The summed E-state index contributed by atoms with van der Waals surface area (Å²) in [5, 5.41) is 12.7. The molecular weight excluding hydrogens is 208 g/mol. The normalized spacial score (nSPS) is 24.3. The van der Waals surface area contributed by atoms with Gasteiger partial charge < -0.3 is 16.2 Å². The van der Waals surface area contributed by atoms with Crippen LogP contribution in [0.1, 0.15) is 29.6 Å². The lowest BCUT2D eigenvalue weighted by Gasteiger charge is -2.17. The van der Waals surface area contributed by atoms with E-state index in [1.165, 1.54) is 12.5 Å². The minimum absolute atomic E-state index is 0.0620. The highest BCUT2D eigenvalue weighted by Crippen LogP contribution is 2.23. The summed E-state index contributed by atoms with van der Waals surface area (Å²) in [4.78, 5) is 18.8. The molecule has 1 amide bonds. The third-order valence-corrected chi connectivity index (χ3v) is 2.78. The summed E-state index contributed by atoms with van der Waals surface area (Å²) in [6.45, 7) is 0. The number of rotatable bonds is 3. The first-order chi connectivity index (χ1) is 7.68. The van der Waals surface area contributed by atoms with Crippen molar-refractivity contribution in [1.29, 1.82) is 0 Å². The van der Waals surface area contributed by atoms with Crippen LogP contribution in [-0.4, -0.2) is 33.1 Å². The molecule has 6 nitrogen and oxygen atoms in total. The zero-order valence-electron chi connectivity index (χ0n) is 8.76. The summed E-state index contributed by atoms with van der Waals surface area (Å²) in [6, 6.07) is -0.0620.